The summed E-state index contributed by atoms with van der Waals surface area (Å²) in [5, 5.41) is 7.22. The molecule has 0 radical (unpaired) electrons. The van der Waals surface area contributed by atoms with Crippen LogP contribution in [0.5, 0.6) is 0 Å². The minimum atomic E-state index is 0.401. The molecule has 0 spiro atoms. The van der Waals surface area contributed by atoms with Crippen molar-refractivity contribution < 1.29 is 9.47 Å². The maximum atomic E-state index is 5.65. The van der Waals surface area contributed by atoms with Crippen molar-refractivity contribution in [2.45, 2.75) is 39.2 Å². The summed E-state index contributed by atoms with van der Waals surface area (Å²) in [6.45, 7) is 8.42. The zero-order valence-electron chi connectivity index (χ0n) is 11.5. The van der Waals surface area contributed by atoms with Gasteiger partial charge in [0, 0.05) is 38.8 Å². The molecule has 0 saturated carbocycles. The standard InChI is InChI=1S/C13H26N2O2S/c1-3-12-11(6-9-17-12)10-15-13(18)14-7-5-8-16-4-2/h11-12H,3-10H2,1-2H3,(H2,14,15,18). The Labute approximate surface area is 116 Å². The second-order valence-electron chi connectivity index (χ2n) is 4.55. The molecular formula is C13H26N2O2S. The molecule has 2 atom stereocenters. The molecule has 0 aromatic rings. The Morgan fingerprint density at radius 3 is 2.94 bits per heavy atom. The third kappa shape index (κ3) is 5.98. The van der Waals surface area contributed by atoms with Crippen molar-refractivity contribution in [2.24, 2.45) is 5.92 Å². The van der Waals surface area contributed by atoms with Crippen LogP contribution in [-0.2, 0) is 9.47 Å². The normalized spacial score (nSPS) is 23.0. The molecule has 1 aliphatic heterocycles. The van der Waals surface area contributed by atoms with E-state index in [0.29, 0.717) is 12.0 Å². The van der Waals surface area contributed by atoms with E-state index in [1.54, 1.807) is 0 Å². The van der Waals surface area contributed by atoms with E-state index in [-0.39, 0.29) is 0 Å². The molecule has 18 heavy (non-hydrogen) atoms. The van der Waals surface area contributed by atoms with Crippen LogP contribution >= 0.6 is 12.2 Å². The third-order valence-electron chi connectivity index (χ3n) is 3.23. The molecule has 0 amide bonds. The molecule has 0 aliphatic carbocycles. The Morgan fingerprint density at radius 2 is 2.22 bits per heavy atom. The van der Waals surface area contributed by atoms with Gasteiger partial charge in [-0.05, 0) is 38.4 Å². The summed E-state index contributed by atoms with van der Waals surface area (Å²) in [6, 6.07) is 0. The summed E-state index contributed by atoms with van der Waals surface area (Å²) in [7, 11) is 0. The largest absolute Gasteiger partial charge is 0.382 e. The SMILES string of the molecule is CCOCCCNC(=S)NCC1CCOC1CC. The van der Waals surface area contributed by atoms with Crippen LogP contribution in [0, 0.1) is 5.92 Å². The monoisotopic (exact) mass is 274 g/mol. The van der Waals surface area contributed by atoms with E-state index in [0.717, 1.165) is 57.3 Å². The van der Waals surface area contributed by atoms with Crippen molar-refractivity contribution in [3.63, 3.8) is 0 Å². The van der Waals surface area contributed by atoms with Crippen LogP contribution in [0.1, 0.15) is 33.1 Å². The first-order valence-corrected chi connectivity index (χ1v) is 7.39. The molecule has 106 valence electrons. The zero-order valence-corrected chi connectivity index (χ0v) is 12.4. The minimum Gasteiger partial charge on any atom is -0.382 e. The Hall–Kier alpha value is -0.390. The van der Waals surface area contributed by atoms with Gasteiger partial charge in [-0.25, -0.2) is 0 Å². The predicted molar refractivity (Wildman–Crippen MR) is 77.9 cm³/mol. The maximum Gasteiger partial charge on any atom is 0.166 e. The fourth-order valence-electron chi connectivity index (χ4n) is 2.18. The number of hydrogen-bond acceptors (Lipinski definition) is 3. The topological polar surface area (TPSA) is 42.5 Å². The Balaban J connectivity index is 2.02. The molecule has 2 unspecified atom stereocenters. The van der Waals surface area contributed by atoms with E-state index in [1.807, 2.05) is 6.92 Å². The van der Waals surface area contributed by atoms with Gasteiger partial charge in [0.2, 0.25) is 0 Å². The first kappa shape index (κ1) is 15.7. The van der Waals surface area contributed by atoms with Crippen molar-refractivity contribution in [3.8, 4) is 0 Å². The van der Waals surface area contributed by atoms with Gasteiger partial charge in [0.25, 0.3) is 0 Å². The summed E-state index contributed by atoms with van der Waals surface area (Å²) in [4.78, 5) is 0. The van der Waals surface area contributed by atoms with Gasteiger partial charge in [-0.1, -0.05) is 6.92 Å². The van der Waals surface area contributed by atoms with Crippen molar-refractivity contribution in [3.05, 3.63) is 0 Å². The second-order valence-corrected chi connectivity index (χ2v) is 4.96. The smallest absolute Gasteiger partial charge is 0.166 e. The molecular weight excluding hydrogens is 248 g/mol. The molecule has 0 bridgehead atoms. The lowest BCUT2D eigenvalue weighted by Crippen LogP contribution is -2.40. The first-order chi connectivity index (χ1) is 8.77. The highest BCUT2D eigenvalue weighted by molar-refractivity contribution is 7.80. The van der Waals surface area contributed by atoms with E-state index < -0.39 is 0 Å². The predicted octanol–water partition coefficient (Wildman–Crippen LogP) is 1.69. The number of thiocarbonyl (C=S) groups is 1. The average molecular weight is 274 g/mol. The van der Waals surface area contributed by atoms with Crippen molar-refractivity contribution in [1.29, 1.82) is 0 Å². The van der Waals surface area contributed by atoms with Crippen LogP contribution in [-0.4, -0.2) is 44.1 Å². The quantitative estimate of drug-likeness (QED) is 0.521. The van der Waals surface area contributed by atoms with Gasteiger partial charge < -0.3 is 20.1 Å². The lowest BCUT2D eigenvalue weighted by Gasteiger charge is -2.18. The molecule has 1 rings (SSSR count). The molecule has 5 heteroatoms. The van der Waals surface area contributed by atoms with Crippen LogP contribution in [0.25, 0.3) is 0 Å². The van der Waals surface area contributed by atoms with Crippen LogP contribution in [0.15, 0.2) is 0 Å². The third-order valence-corrected chi connectivity index (χ3v) is 3.52. The van der Waals surface area contributed by atoms with Crippen molar-refractivity contribution >= 4 is 17.3 Å². The molecule has 1 fully saturated rings. The Kier molecular flexibility index (Phi) is 8.29. The van der Waals surface area contributed by atoms with Gasteiger partial charge in [0.05, 0.1) is 6.10 Å². The van der Waals surface area contributed by atoms with Gasteiger partial charge in [0.15, 0.2) is 5.11 Å². The molecule has 1 saturated heterocycles. The van der Waals surface area contributed by atoms with E-state index >= 15 is 0 Å². The lowest BCUT2D eigenvalue weighted by molar-refractivity contribution is 0.0883. The van der Waals surface area contributed by atoms with Crippen molar-refractivity contribution in [2.75, 3.05) is 32.9 Å². The fourth-order valence-corrected chi connectivity index (χ4v) is 2.37. The number of hydrogen-bond donors (Lipinski definition) is 2. The Bertz CT molecular complexity index is 239. The molecule has 1 heterocycles. The Morgan fingerprint density at radius 1 is 1.39 bits per heavy atom. The van der Waals surface area contributed by atoms with E-state index in [2.05, 4.69) is 17.6 Å². The molecule has 0 aromatic heterocycles. The molecule has 1 aliphatic rings. The summed E-state index contributed by atoms with van der Waals surface area (Å²) < 4.78 is 10.9. The molecule has 0 aromatic carbocycles. The molecule has 2 N–H and O–H groups in total. The van der Waals surface area contributed by atoms with Gasteiger partial charge in [0.1, 0.15) is 0 Å². The van der Waals surface area contributed by atoms with E-state index in [9.17, 15) is 0 Å². The van der Waals surface area contributed by atoms with Gasteiger partial charge in [-0.2, -0.15) is 0 Å². The lowest BCUT2D eigenvalue weighted by atomic mass is 10.00. The number of nitrogens with one attached hydrogen (secondary N) is 2. The van der Waals surface area contributed by atoms with Crippen LogP contribution in [0.4, 0.5) is 0 Å². The van der Waals surface area contributed by atoms with Gasteiger partial charge >= 0.3 is 0 Å². The highest BCUT2D eigenvalue weighted by Gasteiger charge is 2.26. The van der Waals surface area contributed by atoms with Crippen LogP contribution in [0.2, 0.25) is 0 Å². The van der Waals surface area contributed by atoms with Gasteiger partial charge in [-0.3, -0.25) is 0 Å². The average Bonchev–Trinajstić information content (AvgIpc) is 2.83. The highest BCUT2D eigenvalue weighted by atomic mass is 32.1. The first-order valence-electron chi connectivity index (χ1n) is 6.99. The number of rotatable bonds is 8. The summed E-state index contributed by atoms with van der Waals surface area (Å²) in [5.74, 6) is 0.596. The van der Waals surface area contributed by atoms with Crippen LogP contribution < -0.4 is 10.6 Å². The van der Waals surface area contributed by atoms with Crippen LogP contribution in [0.3, 0.4) is 0 Å². The summed E-state index contributed by atoms with van der Waals surface area (Å²) in [6.07, 6.45) is 3.61. The minimum absolute atomic E-state index is 0.401. The van der Waals surface area contributed by atoms with E-state index in [4.69, 9.17) is 21.7 Å². The second kappa shape index (κ2) is 9.53. The highest BCUT2D eigenvalue weighted by Crippen LogP contribution is 2.22. The zero-order chi connectivity index (χ0) is 13.2. The molecule has 4 nitrogen and oxygen atoms in total. The van der Waals surface area contributed by atoms with Gasteiger partial charge in [-0.15, -0.1) is 0 Å². The maximum absolute atomic E-state index is 5.65. The summed E-state index contributed by atoms with van der Waals surface area (Å²) in [5.41, 5.74) is 0. The van der Waals surface area contributed by atoms with E-state index in [1.165, 1.54) is 0 Å². The number of ether oxygens (including phenoxy) is 2. The van der Waals surface area contributed by atoms with Crippen molar-refractivity contribution in [1.82, 2.24) is 10.6 Å². The summed E-state index contributed by atoms with van der Waals surface area (Å²) >= 11 is 5.24. The fraction of sp³-hybridized carbons (Fsp3) is 0.923.